The molecule has 2 heteroatoms. The number of nitrogens with zero attached hydrogens (tertiary/aromatic N) is 2. The summed E-state index contributed by atoms with van der Waals surface area (Å²) >= 11 is 0. The maximum atomic E-state index is 4.42. The van der Waals surface area contributed by atoms with Gasteiger partial charge in [-0.15, -0.1) is 5.11 Å². The van der Waals surface area contributed by atoms with Crippen molar-refractivity contribution in [2.24, 2.45) is 10.2 Å². The fourth-order valence-electron chi connectivity index (χ4n) is 1.87. The van der Waals surface area contributed by atoms with Crippen LogP contribution in [0.15, 0.2) is 46.6 Å². The Hall–Kier alpha value is -1.96. The summed E-state index contributed by atoms with van der Waals surface area (Å²) in [6.07, 6.45) is 0. The highest BCUT2D eigenvalue weighted by Gasteiger charge is 2.04. The molecular weight excluding hydrogens is 220 g/mol. The predicted molar refractivity (Wildman–Crippen MR) is 76.0 cm³/mol. The molecule has 2 aromatic rings. The van der Waals surface area contributed by atoms with Gasteiger partial charge in [0.1, 0.15) is 0 Å². The Bertz CT molecular complexity index is 598. The first kappa shape index (κ1) is 12.5. The Morgan fingerprint density at radius 2 is 1.33 bits per heavy atom. The van der Waals surface area contributed by atoms with E-state index in [9.17, 15) is 0 Å². The molecule has 2 nitrogen and oxygen atoms in total. The van der Waals surface area contributed by atoms with Crippen molar-refractivity contribution in [1.82, 2.24) is 0 Å². The van der Waals surface area contributed by atoms with Crippen molar-refractivity contribution in [2.45, 2.75) is 27.7 Å². The van der Waals surface area contributed by atoms with Crippen LogP contribution in [0.5, 0.6) is 0 Å². The molecule has 0 unspecified atom stereocenters. The van der Waals surface area contributed by atoms with E-state index in [0.29, 0.717) is 0 Å². The minimum atomic E-state index is 0.929. The van der Waals surface area contributed by atoms with Crippen LogP contribution in [0.25, 0.3) is 0 Å². The van der Waals surface area contributed by atoms with E-state index in [-0.39, 0.29) is 0 Å². The monoisotopic (exact) mass is 238 g/mol. The van der Waals surface area contributed by atoms with Crippen LogP contribution in [0.4, 0.5) is 11.4 Å². The summed E-state index contributed by atoms with van der Waals surface area (Å²) in [6, 6.07) is 12.2. The number of azo groups is 1. The van der Waals surface area contributed by atoms with Gasteiger partial charge in [0.15, 0.2) is 0 Å². The number of hydrogen-bond donors (Lipinski definition) is 0. The van der Waals surface area contributed by atoms with Crippen molar-refractivity contribution in [1.29, 1.82) is 0 Å². The molecule has 0 spiro atoms. The van der Waals surface area contributed by atoms with Crippen molar-refractivity contribution in [3.05, 3.63) is 58.7 Å². The highest BCUT2D eigenvalue weighted by atomic mass is 15.1. The lowest BCUT2D eigenvalue weighted by Gasteiger charge is -2.06. The molecule has 0 heterocycles. The number of hydrogen-bond acceptors (Lipinski definition) is 2. The van der Waals surface area contributed by atoms with Crippen molar-refractivity contribution >= 4 is 11.4 Å². The summed E-state index contributed by atoms with van der Waals surface area (Å²) in [6.45, 7) is 8.30. The lowest BCUT2D eigenvalue weighted by molar-refractivity contribution is 1.16. The quantitative estimate of drug-likeness (QED) is 0.631. The Morgan fingerprint density at radius 3 is 2.06 bits per heavy atom. The molecule has 0 aliphatic heterocycles. The molecule has 0 fully saturated rings. The second-order valence-electron chi connectivity index (χ2n) is 4.66. The summed E-state index contributed by atoms with van der Waals surface area (Å²) in [5.74, 6) is 0. The molecular formula is C16H18N2. The third kappa shape index (κ3) is 2.48. The third-order valence-electron chi connectivity index (χ3n) is 3.28. The second kappa shape index (κ2) is 5.13. The van der Waals surface area contributed by atoms with Crippen LogP contribution in [-0.2, 0) is 0 Å². The third-order valence-corrected chi connectivity index (χ3v) is 3.28. The van der Waals surface area contributed by atoms with Crippen LogP contribution in [-0.4, -0.2) is 0 Å². The summed E-state index contributed by atoms with van der Waals surface area (Å²) in [5, 5.41) is 8.79. The molecule has 0 aromatic heterocycles. The van der Waals surface area contributed by atoms with Crippen LogP contribution >= 0.6 is 0 Å². The van der Waals surface area contributed by atoms with Gasteiger partial charge in [-0.1, -0.05) is 30.3 Å². The van der Waals surface area contributed by atoms with Gasteiger partial charge in [-0.3, -0.25) is 0 Å². The molecule has 0 radical (unpaired) electrons. The van der Waals surface area contributed by atoms with Crippen molar-refractivity contribution < 1.29 is 0 Å². The molecule has 2 rings (SSSR count). The van der Waals surface area contributed by atoms with Gasteiger partial charge in [-0.05, 0) is 56.0 Å². The summed E-state index contributed by atoms with van der Waals surface area (Å²) in [5.41, 5.74) is 6.67. The SMILES string of the molecule is Cc1ccccc1N=Nc1c(C)ccc(C)c1C. The van der Waals surface area contributed by atoms with Crippen molar-refractivity contribution in [2.75, 3.05) is 0 Å². The lowest BCUT2D eigenvalue weighted by atomic mass is 10.0. The molecule has 92 valence electrons. The van der Waals surface area contributed by atoms with Crippen LogP contribution in [0.1, 0.15) is 22.3 Å². The van der Waals surface area contributed by atoms with Gasteiger partial charge >= 0.3 is 0 Å². The van der Waals surface area contributed by atoms with Gasteiger partial charge in [0.2, 0.25) is 0 Å². The number of benzene rings is 2. The van der Waals surface area contributed by atoms with E-state index in [1.54, 1.807) is 0 Å². The van der Waals surface area contributed by atoms with Gasteiger partial charge in [0, 0.05) is 0 Å². The molecule has 0 atom stereocenters. The summed E-state index contributed by atoms with van der Waals surface area (Å²) < 4.78 is 0. The van der Waals surface area contributed by atoms with E-state index in [2.05, 4.69) is 43.1 Å². The molecule has 0 saturated carbocycles. The van der Waals surface area contributed by atoms with Crippen LogP contribution in [0.2, 0.25) is 0 Å². The number of aryl methyl sites for hydroxylation is 3. The first-order valence-electron chi connectivity index (χ1n) is 6.14. The van der Waals surface area contributed by atoms with Crippen LogP contribution in [0.3, 0.4) is 0 Å². The normalized spacial score (nSPS) is 11.1. The molecule has 0 aliphatic carbocycles. The lowest BCUT2D eigenvalue weighted by Crippen LogP contribution is -1.84. The second-order valence-corrected chi connectivity index (χ2v) is 4.66. The molecule has 2 aromatic carbocycles. The Labute approximate surface area is 108 Å². The molecule has 18 heavy (non-hydrogen) atoms. The average Bonchev–Trinajstić information content (AvgIpc) is 2.36. The van der Waals surface area contributed by atoms with Gasteiger partial charge in [-0.2, -0.15) is 5.11 Å². The molecule has 0 amide bonds. The van der Waals surface area contributed by atoms with E-state index < -0.39 is 0 Å². The summed E-state index contributed by atoms with van der Waals surface area (Å²) in [7, 11) is 0. The van der Waals surface area contributed by atoms with Gasteiger partial charge in [0.05, 0.1) is 11.4 Å². The fourth-order valence-corrected chi connectivity index (χ4v) is 1.87. The zero-order valence-electron chi connectivity index (χ0n) is 11.4. The van der Waals surface area contributed by atoms with Gasteiger partial charge in [0.25, 0.3) is 0 Å². The topological polar surface area (TPSA) is 24.7 Å². The minimum Gasteiger partial charge on any atom is -0.150 e. The molecule has 0 saturated heterocycles. The van der Waals surface area contributed by atoms with Gasteiger partial charge < -0.3 is 0 Å². The van der Waals surface area contributed by atoms with E-state index in [0.717, 1.165) is 22.5 Å². The van der Waals surface area contributed by atoms with E-state index in [1.165, 1.54) is 11.1 Å². The predicted octanol–water partition coefficient (Wildman–Crippen LogP) is 5.34. The Balaban J connectivity index is 2.41. The smallest absolute Gasteiger partial charge is 0.0917 e. The van der Waals surface area contributed by atoms with E-state index >= 15 is 0 Å². The zero-order chi connectivity index (χ0) is 13.1. The first-order valence-corrected chi connectivity index (χ1v) is 6.14. The maximum Gasteiger partial charge on any atom is 0.0917 e. The van der Waals surface area contributed by atoms with Crippen molar-refractivity contribution in [3.8, 4) is 0 Å². The summed E-state index contributed by atoms with van der Waals surface area (Å²) in [4.78, 5) is 0. The van der Waals surface area contributed by atoms with E-state index in [4.69, 9.17) is 0 Å². The zero-order valence-corrected chi connectivity index (χ0v) is 11.4. The molecule has 0 bridgehead atoms. The first-order chi connectivity index (χ1) is 8.59. The standard InChI is InChI=1S/C16H18N2/c1-11-9-10-13(3)16(14(11)4)18-17-15-8-6-5-7-12(15)2/h5-10H,1-4H3. The molecule has 0 N–H and O–H groups in total. The molecule has 0 aliphatic rings. The Morgan fingerprint density at radius 1 is 0.667 bits per heavy atom. The van der Waals surface area contributed by atoms with E-state index in [1.807, 2.05) is 31.2 Å². The maximum absolute atomic E-state index is 4.42. The minimum absolute atomic E-state index is 0.929. The Kier molecular flexibility index (Phi) is 3.56. The highest BCUT2D eigenvalue weighted by Crippen LogP contribution is 2.28. The van der Waals surface area contributed by atoms with Crippen LogP contribution < -0.4 is 0 Å². The van der Waals surface area contributed by atoms with Gasteiger partial charge in [-0.25, -0.2) is 0 Å². The highest BCUT2D eigenvalue weighted by molar-refractivity contribution is 5.55. The average molecular weight is 238 g/mol. The van der Waals surface area contributed by atoms with Crippen molar-refractivity contribution in [3.63, 3.8) is 0 Å². The largest absolute Gasteiger partial charge is 0.150 e. The van der Waals surface area contributed by atoms with Crippen LogP contribution in [0, 0.1) is 27.7 Å². The fraction of sp³-hybridized carbons (Fsp3) is 0.250. The number of rotatable bonds is 2.